The summed E-state index contributed by atoms with van der Waals surface area (Å²) in [5.41, 5.74) is 3.63. The summed E-state index contributed by atoms with van der Waals surface area (Å²) in [5.74, 6) is -1.39. The maximum absolute atomic E-state index is 13.1. The highest BCUT2D eigenvalue weighted by molar-refractivity contribution is 9.10. The number of aryl methyl sites for hydroxylation is 1. The molecule has 0 saturated carbocycles. The van der Waals surface area contributed by atoms with Gasteiger partial charge in [-0.2, -0.15) is 0 Å². The zero-order chi connectivity index (χ0) is 21.4. The van der Waals surface area contributed by atoms with Crippen LogP contribution in [0.2, 0.25) is 0 Å². The number of hydrogen-bond acceptors (Lipinski definition) is 4. The average molecular weight is 465 g/mol. The van der Waals surface area contributed by atoms with Crippen LogP contribution in [0.3, 0.4) is 0 Å². The normalized spacial score (nSPS) is 15.6. The maximum Gasteiger partial charge on any atom is 0.335 e. The summed E-state index contributed by atoms with van der Waals surface area (Å²) in [4.78, 5) is 42.9. The van der Waals surface area contributed by atoms with Gasteiger partial charge in [0.1, 0.15) is 5.57 Å². The lowest BCUT2D eigenvalue weighted by atomic mass is 10.1. The van der Waals surface area contributed by atoms with E-state index in [0.717, 1.165) is 26.4 Å². The molecule has 0 radical (unpaired) electrons. The van der Waals surface area contributed by atoms with E-state index in [-0.39, 0.29) is 5.57 Å². The van der Waals surface area contributed by atoms with Crippen molar-refractivity contribution in [1.29, 1.82) is 0 Å². The first-order chi connectivity index (χ1) is 14.4. The topological polar surface area (TPSA) is 84.3 Å². The number of pyridine rings is 1. The van der Waals surface area contributed by atoms with Gasteiger partial charge in [-0.3, -0.25) is 19.9 Å². The summed E-state index contributed by atoms with van der Waals surface area (Å²) < 4.78 is 2.80. The van der Waals surface area contributed by atoms with Gasteiger partial charge in [-0.05, 0) is 68.0 Å². The third-order valence-electron chi connectivity index (χ3n) is 4.86. The number of hydrogen-bond donors (Lipinski definition) is 1. The van der Waals surface area contributed by atoms with E-state index >= 15 is 0 Å². The number of nitrogens with zero attached hydrogens (tertiary/aromatic N) is 3. The highest BCUT2D eigenvalue weighted by atomic mass is 79.9. The highest BCUT2D eigenvalue weighted by Crippen LogP contribution is 2.26. The lowest BCUT2D eigenvalue weighted by molar-refractivity contribution is -0.122. The molecule has 0 unspecified atom stereocenters. The van der Waals surface area contributed by atoms with E-state index in [4.69, 9.17) is 0 Å². The molecule has 1 N–H and O–H groups in total. The predicted octanol–water partition coefficient (Wildman–Crippen LogP) is 3.92. The van der Waals surface area contributed by atoms with Crippen LogP contribution in [0.1, 0.15) is 17.0 Å². The van der Waals surface area contributed by atoms with Crippen molar-refractivity contribution in [2.75, 3.05) is 4.90 Å². The molecule has 1 aromatic carbocycles. The van der Waals surface area contributed by atoms with Gasteiger partial charge in [0.25, 0.3) is 11.8 Å². The molecule has 4 rings (SSSR count). The summed E-state index contributed by atoms with van der Waals surface area (Å²) in [7, 11) is 0. The van der Waals surface area contributed by atoms with Gasteiger partial charge in [-0.25, -0.2) is 9.69 Å². The van der Waals surface area contributed by atoms with E-state index in [1.54, 1.807) is 36.7 Å². The fourth-order valence-corrected chi connectivity index (χ4v) is 3.72. The van der Waals surface area contributed by atoms with Crippen molar-refractivity contribution in [2.45, 2.75) is 13.8 Å². The van der Waals surface area contributed by atoms with E-state index in [9.17, 15) is 14.4 Å². The fraction of sp³-hybridized carbons (Fsp3) is 0.0909. The third kappa shape index (κ3) is 3.46. The van der Waals surface area contributed by atoms with Crippen molar-refractivity contribution in [3.05, 3.63) is 81.9 Å². The molecule has 3 aromatic rings. The number of rotatable bonds is 3. The monoisotopic (exact) mass is 464 g/mol. The molecule has 8 heteroatoms. The van der Waals surface area contributed by atoms with E-state index in [0.29, 0.717) is 11.3 Å². The summed E-state index contributed by atoms with van der Waals surface area (Å²) in [6.45, 7) is 3.83. The Bertz CT molecular complexity index is 1200. The lowest BCUT2D eigenvalue weighted by Crippen LogP contribution is -2.54. The molecule has 30 heavy (non-hydrogen) atoms. The van der Waals surface area contributed by atoms with Crippen molar-refractivity contribution in [1.82, 2.24) is 14.9 Å². The van der Waals surface area contributed by atoms with Crippen molar-refractivity contribution in [2.24, 2.45) is 0 Å². The maximum atomic E-state index is 13.1. The van der Waals surface area contributed by atoms with Crippen molar-refractivity contribution >= 4 is 45.5 Å². The second kappa shape index (κ2) is 7.72. The SMILES string of the molecule is Cc1cc(C=C2C(=O)NC(=O)N(c3ccc(Br)cc3)C2=O)c(C)n1-c1cccnc1. The average Bonchev–Trinajstić information content (AvgIpc) is 3.00. The Morgan fingerprint density at radius 1 is 1.03 bits per heavy atom. The van der Waals surface area contributed by atoms with Gasteiger partial charge in [-0.15, -0.1) is 0 Å². The van der Waals surface area contributed by atoms with Gasteiger partial charge in [0.15, 0.2) is 0 Å². The molecule has 1 aliphatic heterocycles. The molecule has 7 nitrogen and oxygen atoms in total. The summed E-state index contributed by atoms with van der Waals surface area (Å²) in [6.07, 6.45) is 4.95. The quantitative estimate of drug-likeness (QED) is 0.470. The van der Waals surface area contributed by atoms with Gasteiger partial charge in [0.2, 0.25) is 0 Å². The largest absolute Gasteiger partial charge is 0.335 e. The van der Waals surface area contributed by atoms with Crippen molar-refractivity contribution in [3.8, 4) is 5.69 Å². The zero-order valence-corrected chi connectivity index (χ0v) is 17.8. The first-order valence-electron chi connectivity index (χ1n) is 9.13. The molecule has 0 aliphatic carbocycles. The van der Waals surface area contributed by atoms with Gasteiger partial charge < -0.3 is 4.57 Å². The molecule has 1 fully saturated rings. The molecular formula is C22H17BrN4O3. The van der Waals surface area contributed by atoms with Crippen LogP contribution in [-0.2, 0) is 9.59 Å². The van der Waals surface area contributed by atoms with E-state index < -0.39 is 17.8 Å². The summed E-state index contributed by atoms with van der Waals surface area (Å²) >= 11 is 3.33. The Hall–Kier alpha value is -3.52. The standard InChI is InChI=1S/C22H17BrN4O3/c1-13-10-15(14(2)26(13)18-4-3-9-24-12-18)11-19-20(28)25-22(30)27(21(19)29)17-7-5-16(23)6-8-17/h3-12H,1-2H3,(H,25,28,30). The Morgan fingerprint density at radius 3 is 2.43 bits per heavy atom. The number of aromatic nitrogens is 2. The molecule has 0 atom stereocenters. The van der Waals surface area contributed by atoms with E-state index in [2.05, 4.69) is 26.2 Å². The molecule has 0 spiro atoms. The lowest BCUT2D eigenvalue weighted by Gasteiger charge is -2.26. The Balaban J connectivity index is 1.76. The van der Waals surface area contributed by atoms with Crippen LogP contribution in [0.5, 0.6) is 0 Å². The van der Waals surface area contributed by atoms with Crippen molar-refractivity contribution < 1.29 is 14.4 Å². The minimum atomic E-state index is -0.773. The molecule has 4 amide bonds. The number of carbonyl (C=O) groups is 3. The van der Waals surface area contributed by atoms with Gasteiger partial charge in [0.05, 0.1) is 17.6 Å². The molecule has 3 heterocycles. The number of benzene rings is 1. The molecule has 1 aliphatic rings. The molecule has 2 aromatic heterocycles. The number of nitrogens with one attached hydrogen (secondary N) is 1. The second-order valence-corrected chi connectivity index (χ2v) is 7.72. The number of anilines is 1. The Morgan fingerprint density at radius 2 is 1.77 bits per heavy atom. The number of carbonyl (C=O) groups excluding carboxylic acids is 3. The molecule has 1 saturated heterocycles. The molecular weight excluding hydrogens is 448 g/mol. The Labute approximate surface area is 181 Å². The number of imide groups is 2. The third-order valence-corrected chi connectivity index (χ3v) is 5.39. The smallest absolute Gasteiger partial charge is 0.316 e. The van der Waals surface area contributed by atoms with Crippen LogP contribution in [0.25, 0.3) is 11.8 Å². The van der Waals surface area contributed by atoms with Gasteiger partial charge in [-0.1, -0.05) is 15.9 Å². The van der Waals surface area contributed by atoms with Crippen LogP contribution >= 0.6 is 15.9 Å². The first kappa shape index (κ1) is 19.8. The summed E-state index contributed by atoms with van der Waals surface area (Å²) in [6, 6.07) is 11.6. The molecule has 150 valence electrons. The zero-order valence-electron chi connectivity index (χ0n) is 16.2. The number of barbiturate groups is 1. The summed E-state index contributed by atoms with van der Waals surface area (Å²) in [5, 5.41) is 2.25. The van der Waals surface area contributed by atoms with Crippen LogP contribution in [0.4, 0.5) is 10.5 Å². The van der Waals surface area contributed by atoms with Crippen LogP contribution in [-0.4, -0.2) is 27.4 Å². The van der Waals surface area contributed by atoms with Crippen molar-refractivity contribution in [3.63, 3.8) is 0 Å². The van der Waals surface area contributed by atoms with Crippen LogP contribution in [0.15, 0.2) is 64.9 Å². The number of amides is 4. The fourth-order valence-electron chi connectivity index (χ4n) is 3.45. The number of halogens is 1. The number of urea groups is 1. The first-order valence-corrected chi connectivity index (χ1v) is 9.92. The Kier molecular flexibility index (Phi) is 5.09. The van der Waals surface area contributed by atoms with E-state index in [1.165, 1.54) is 6.08 Å². The highest BCUT2D eigenvalue weighted by Gasteiger charge is 2.37. The van der Waals surface area contributed by atoms with Crippen LogP contribution in [0, 0.1) is 13.8 Å². The molecule has 0 bridgehead atoms. The van der Waals surface area contributed by atoms with Gasteiger partial charge >= 0.3 is 6.03 Å². The van der Waals surface area contributed by atoms with Crippen LogP contribution < -0.4 is 10.2 Å². The van der Waals surface area contributed by atoms with E-state index in [1.807, 2.05) is 36.6 Å². The predicted molar refractivity (Wildman–Crippen MR) is 116 cm³/mol. The van der Waals surface area contributed by atoms with Gasteiger partial charge in [0, 0.05) is 22.1 Å². The minimum Gasteiger partial charge on any atom is -0.316 e. The minimum absolute atomic E-state index is 0.107. The second-order valence-electron chi connectivity index (χ2n) is 6.81.